The van der Waals surface area contributed by atoms with Gasteiger partial charge in [0.05, 0.1) is 0 Å². The van der Waals surface area contributed by atoms with E-state index in [0.29, 0.717) is 0 Å². The van der Waals surface area contributed by atoms with Gasteiger partial charge >= 0.3 is 0 Å². The van der Waals surface area contributed by atoms with Gasteiger partial charge in [0.1, 0.15) is 0 Å². The van der Waals surface area contributed by atoms with Gasteiger partial charge in [0.25, 0.3) is 0 Å². The quantitative estimate of drug-likeness (QED) is 0.232. The summed E-state index contributed by atoms with van der Waals surface area (Å²) in [6.07, 6.45) is 20.2. The Morgan fingerprint density at radius 3 is 1.21 bits per heavy atom. The van der Waals surface area contributed by atoms with Crippen molar-refractivity contribution in [1.29, 1.82) is 0 Å². The van der Waals surface area contributed by atoms with Crippen molar-refractivity contribution in [2.75, 3.05) is 0 Å². The predicted molar refractivity (Wildman–Crippen MR) is 113 cm³/mol. The summed E-state index contributed by atoms with van der Waals surface area (Å²) in [7, 11) is 0. The van der Waals surface area contributed by atoms with E-state index < -0.39 is 0 Å². The molecule has 3 unspecified atom stereocenters. The summed E-state index contributed by atoms with van der Waals surface area (Å²) in [6.45, 7) is 14.4. The minimum absolute atomic E-state index is 0.883. The zero-order valence-corrected chi connectivity index (χ0v) is 18.2. The summed E-state index contributed by atoms with van der Waals surface area (Å²) in [4.78, 5) is 0. The Morgan fingerprint density at radius 1 is 0.417 bits per heavy atom. The van der Waals surface area contributed by atoms with E-state index in [1.807, 2.05) is 0 Å². The lowest BCUT2D eigenvalue weighted by Gasteiger charge is -2.14. The molecule has 0 aliphatic carbocycles. The number of hydrogen-bond donors (Lipinski definition) is 0. The topological polar surface area (TPSA) is 0 Å². The molecule has 0 saturated carbocycles. The molecule has 0 amide bonds. The van der Waals surface area contributed by atoms with E-state index in [2.05, 4.69) is 41.5 Å². The maximum absolute atomic E-state index is 2.47. The summed E-state index contributed by atoms with van der Waals surface area (Å²) in [5.41, 5.74) is 0. The van der Waals surface area contributed by atoms with E-state index in [0.717, 1.165) is 23.7 Å². The van der Waals surface area contributed by atoms with Gasteiger partial charge in [-0.25, -0.2) is 0 Å². The highest BCUT2D eigenvalue weighted by Gasteiger charge is 2.06. The molecule has 0 radical (unpaired) electrons. The second kappa shape index (κ2) is 16.5. The predicted octanol–water partition coefficient (Wildman–Crippen LogP) is 9.03. The molecule has 3 atom stereocenters. The Bertz CT molecular complexity index is 242. The van der Waals surface area contributed by atoms with E-state index in [9.17, 15) is 0 Å². The Kier molecular flexibility index (Phi) is 16.5. The van der Waals surface area contributed by atoms with E-state index in [-0.39, 0.29) is 0 Å². The Balaban J connectivity index is 3.36. The fraction of sp³-hybridized carbons (Fsp3) is 1.00. The van der Waals surface area contributed by atoms with Crippen LogP contribution in [-0.4, -0.2) is 0 Å². The minimum Gasteiger partial charge on any atom is -0.0654 e. The van der Waals surface area contributed by atoms with Gasteiger partial charge in [-0.2, -0.15) is 0 Å². The van der Waals surface area contributed by atoms with Crippen molar-refractivity contribution in [2.45, 2.75) is 131 Å². The van der Waals surface area contributed by atoms with Crippen LogP contribution in [0.5, 0.6) is 0 Å². The van der Waals surface area contributed by atoms with Crippen molar-refractivity contribution in [3.05, 3.63) is 0 Å². The van der Waals surface area contributed by atoms with Crippen LogP contribution in [0.25, 0.3) is 0 Å². The van der Waals surface area contributed by atoms with Gasteiger partial charge in [-0.3, -0.25) is 0 Å². The highest BCUT2D eigenvalue weighted by Crippen LogP contribution is 2.22. The largest absolute Gasteiger partial charge is 0.0654 e. The Labute approximate surface area is 155 Å². The van der Waals surface area contributed by atoms with E-state index >= 15 is 0 Å². The number of hydrogen-bond acceptors (Lipinski definition) is 0. The lowest BCUT2D eigenvalue weighted by atomic mass is 9.92. The second-order valence-electron chi connectivity index (χ2n) is 9.35. The number of rotatable bonds is 17. The van der Waals surface area contributed by atoms with Crippen LogP contribution in [-0.2, 0) is 0 Å². The van der Waals surface area contributed by atoms with Crippen LogP contribution in [0.15, 0.2) is 0 Å². The lowest BCUT2D eigenvalue weighted by Crippen LogP contribution is -1.99. The molecule has 0 N–H and O–H groups in total. The normalized spacial score (nSPS) is 15.6. The molecule has 0 aliphatic heterocycles. The summed E-state index contributed by atoms with van der Waals surface area (Å²) in [6, 6.07) is 0. The fourth-order valence-electron chi connectivity index (χ4n) is 3.95. The molecule has 0 saturated heterocycles. The SMILES string of the molecule is CCCC(C)CCCC(C)CCCCCCC(C)CCCC(C)C. The standard InChI is InChI=1S/C24H50/c1-7-14-22(4)19-13-20-24(6)17-11-9-8-10-16-23(5)18-12-15-21(2)3/h21-24H,7-20H2,1-6H3. The van der Waals surface area contributed by atoms with Crippen LogP contribution in [0.3, 0.4) is 0 Å². The van der Waals surface area contributed by atoms with Crippen LogP contribution in [0.1, 0.15) is 131 Å². The Hall–Kier alpha value is 0. The molecule has 0 bridgehead atoms. The molecule has 0 aliphatic rings. The average molecular weight is 339 g/mol. The van der Waals surface area contributed by atoms with Crippen LogP contribution in [0.2, 0.25) is 0 Å². The van der Waals surface area contributed by atoms with Crippen LogP contribution in [0, 0.1) is 23.7 Å². The van der Waals surface area contributed by atoms with Gasteiger partial charge in [0.2, 0.25) is 0 Å². The third kappa shape index (κ3) is 16.8. The summed E-state index contributed by atoms with van der Waals surface area (Å²) < 4.78 is 0. The van der Waals surface area contributed by atoms with E-state index in [1.165, 1.54) is 89.9 Å². The van der Waals surface area contributed by atoms with Crippen molar-refractivity contribution in [2.24, 2.45) is 23.7 Å². The molecule has 0 aromatic rings. The van der Waals surface area contributed by atoms with Gasteiger partial charge in [-0.05, 0) is 23.7 Å². The molecular weight excluding hydrogens is 288 g/mol. The first-order valence-corrected chi connectivity index (χ1v) is 11.5. The first-order chi connectivity index (χ1) is 11.5. The molecule has 0 aromatic carbocycles. The molecule has 0 rings (SSSR count). The van der Waals surface area contributed by atoms with E-state index in [4.69, 9.17) is 0 Å². The van der Waals surface area contributed by atoms with Crippen molar-refractivity contribution in [1.82, 2.24) is 0 Å². The maximum atomic E-state index is 2.47. The van der Waals surface area contributed by atoms with E-state index in [1.54, 1.807) is 0 Å². The average Bonchev–Trinajstić information content (AvgIpc) is 2.50. The Morgan fingerprint density at radius 2 is 0.792 bits per heavy atom. The van der Waals surface area contributed by atoms with Crippen molar-refractivity contribution in [3.63, 3.8) is 0 Å². The third-order valence-electron chi connectivity index (χ3n) is 5.80. The van der Waals surface area contributed by atoms with Crippen LogP contribution in [0.4, 0.5) is 0 Å². The first-order valence-electron chi connectivity index (χ1n) is 11.5. The van der Waals surface area contributed by atoms with Gasteiger partial charge in [0.15, 0.2) is 0 Å². The molecule has 0 heterocycles. The van der Waals surface area contributed by atoms with Gasteiger partial charge in [0, 0.05) is 0 Å². The summed E-state index contributed by atoms with van der Waals surface area (Å²) in [5, 5.41) is 0. The molecule has 146 valence electrons. The highest BCUT2D eigenvalue weighted by atomic mass is 14.1. The molecule has 0 heteroatoms. The molecule has 0 nitrogen and oxygen atoms in total. The summed E-state index contributed by atoms with van der Waals surface area (Å²) in [5.74, 6) is 3.74. The number of unbranched alkanes of at least 4 members (excludes halogenated alkanes) is 3. The van der Waals surface area contributed by atoms with Gasteiger partial charge < -0.3 is 0 Å². The van der Waals surface area contributed by atoms with Crippen molar-refractivity contribution < 1.29 is 0 Å². The maximum Gasteiger partial charge on any atom is -0.0443 e. The third-order valence-corrected chi connectivity index (χ3v) is 5.80. The van der Waals surface area contributed by atoms with Gasteiger partial charge in [-0.15, -0.1) is 0 Å². The van der Waals surface area contributed by atoms with Crippen LogP contribution < -0.4 is 0 Å². The zero-order chi connectivity index (χ0) is 18.2. The first kappa shape index (κ1) is 24.0. The van der Waals surface area contributed by atoms with Crippen LogP contribution >= 0.6 is 0 Å². The molecule has 0 fully saturated rings. The van der Waals surface area contributed by atoms with Crippen molar-refractivity contribution in [3.8, 4) is 0 Å². The zero-order valence-electron chi connectivity index (χ0n) is 18.2. The fourth-order valence-corrected chi connectivity index (χ4v) is 3.95. The molecule has 24 heavy (non-hydrogen) atoms. The van der Waals surface area contributed by atoms with Gasteiger partial charge in [-0.1, -0.05) is 131 Å². The molecule has 0 spiro atoms. The van der Waals surface area contributed by atoms with Crippen molar-refractivity contribution >= 4 is 0 Å². The second-order valence-corrected chi connectivity index (χ2v) is 9.35. The monoisotopic (exact) mass is 338 g/mol. The minimum atomic E-state index is 0.883. The summed E-state index contributed by atoms with van der Waals surface area (Å²) >= 11 is 0. The molecule has 0 aromatic heterocycles. The highest BCUT2D eigenvalue weighted by molar-refractivity contribution is 4.59. The lowest BCUT2D eigenvalue weighted by molar-refractivity contribution is 0.391. The molecular formula is C24H50. The smallest absolute Gasteiger partial charge is 0.0443 e.